The summed E-state index contributed by atoms with van der Waals surface area (Å²) < 4.78 is 5.14. The topological polar surface area (TPSA) is 41.5 Å². The Hall–Kier alpha value is -1.06. The fourth-order valence-corrected chi connectivity index (χ4v) is 1.85. The maximum Gasteiger partial charge on any atom is 0.118 e. The van der Waals surface area contributed by atoms with Gasteiger partial charge in [0.15, 0.2) is 0 Å². The first-order valence-corrected chi connectivity index (χ1v) is 6.64. The van der Waals surface area contributed by atoms with Crippen LogP contribution in [0.25, 0.3) is 0 Å². The highest BCUT2D eigenvalue weighted by atomic mass is 16.5. The Morgan fingerprint density at radius 2 is 1.78 bits per heavy atom. The highest BCUT2D eigenvalue weighted by Crippen LogP contribution is 2.19. The molecule has 3 heteroatoms. The lowest BCUT2D eigenvalue weighted by Crippen LogP contribution is -2.40. The van der Waals surface area contributed by atoms with Crippen LogP contribution in [0.15, 0.2) is 24.3 Å². The molecule has 1 unspecified atom stereocenters. The summed E-state index contributed by atoms with van der Waals surface area (Å²) in [6.07, 6.45) is 1.54. The molecular weight excluding hydrogens is 226 g/mol. The van der Waals surface area contributed by atoms with Crippen LogP contribution < -0.4 is 10.1 Å². The first-order chi connectivity index (χ1) is 8.54. The maximum absolute atomic E-state index is 10.2. The summed E-state index contributed by atoms with van der Waals surface area (Å²) in [5.41, 5.74) is 0.603. The molecule has 0 fully saturated rings. The van der Waals surface area contributed by atoms with E-state index in [1.807, 2.05) is 38.1 Å². The Labute approximate surface area is 110 Å². The first-order valence-electron chi connectivity index (χ1n) is 6.64. The summed E-state index contributed by atoms with van der Waals surface area (Å²) >= 11 is 0. The zero-order valence-electron chi connectivity index (χ0n) is 11.9. The van der Waals surface area contributed by atoms with Crippen LogP contribution in [0.1, 0.15) is 45.2 Å². The molecule has 0 radical (unpaired) electrons. The molecule has 18 heavy (non-hydrogen) atoms. The van der Waals surface area contributed by atoms with E-state index in [-0.39, 0.29) is 6.04 Å². The number of methoxy groups -OCH3 is 1. The Morgan fingerprint density at radius 1 is 1.22 bits per heavy atom. The fraction of sp³-hybridized carbons (Fsp3) is 0.600. The monoisotopic (exact) mass is 251 g/mol. The second-order valence-corrected chi connectivity index (χ2v) is 4.81. The molecule has 3 nitrogen and oxygen atoms in total. The lowest BCUT2D eigenvalue weighted by atomic mass is 9.96. The normalized spacial score (nSPS) is 13.4. The molecule has 1 rings (SSSR count). The van der Waals surface area contributed by atoms with Gasteiger partial charge in [-0.2, -0.15) is 0 Å². The highest BCUT2D eigenvalue weighted by Gasteiger charge is 2.22. The zero-order chi connectivity index (χ0) is 13.6. The van der Waals surface area contributed by atoms with Crippen LogP contribution in [0, 0.1) is 0 Å². The van der Waals surface area contributed by atoms with Crippen molar-refractivity contribution in [2.45, 2.75) is 45.3 Å². The second kappa shape index (κ2) is 6.76. The molecule has 0 spiro atoms. The maximum atomic E-state index is 10.2. The van der Waals surface area contributed by atoms with Crippen LogP contribution in [-0.4, -0.2) is 24.4 Å². The molecular formula is C15H25NO2. The minimum Gasteiger partial charge on any atom is -0.497 e. The van der Waals surface area contributed by atoms with Crippen molar-refractivity contribution in [3.63, 3.8) is 0 Å². The van der Waals surface area contributed by atoms with Crippen LogP contribution in [0.2, 0.25) is 0 Å². The summed E-state index contributed by atoms with van der Waals surface area (Å²) in [5.74, 6) is 0.865. The smallest absolute Gasteiger partial charge is 0.118 e. The quantitative estimate of drug-likeness (QED) is 0.783. The van der Waals surface area contributed by atoms with Crippen LogP contribution >= 0.6 is 0 Å². The minimum atomic E-state index is -0.596. The minimum absolute atomic E-state index is 0.223. The Kier molecular flexibility index (Phi) is 5.63. The summed E-state index contributed by atoms with van der Waals surface area (Å²) in [4.78, 5) is 0. The third kappa shape index (κ3) is 4.00. The average Bonchev–Trinajstić information content (AvgIpc) is 2.44. The van der Waals surface area contributed by atoms with Gasteiger partial charge in [-0.1, -0.05) is 26.0 Å². The van der Waals surface area contributed by atoms with Gasteiger partial charge in [-0.15, -0.1) is 0 Å². The molecule has 0 saturated carbocycles. The van der Waals surface area contributed by atoms with Crippen LogP contribution in [0.5, 0.6) is 5.75 Å². The van der Waals surface area contributed by atoms with Crippen LogP contribution in [-0.2, 0) is 0 Å². The Balaban J connectivity index is 2.56. The molecule has 1 atom stereocenters. The van der Waals surface area contributed by atoms with E-state index in [0.717, 1.165) is 18.6 Å². The van der Waals surface area contributed by atoms with Crippen molar-refractivity contribution in [2.24, 2.45) is 0 Å². The van der Waals surface area contributed by atoms with Crippen molar-refractivity contribution >= 4 is 0 Å². The highest BCUT2D eigenvalue weighted by molar-refractivity contribution is 5.28. The molecule has 1 aromatic carbocycles. The molecule has 102 valence electrons. The van der Waals surface area contributed by atoms with Gasteiger partial charge in [0.05, 0.1) is 12.7 Å². The average molecular weight is 251 g/mol. The van der Waals surface area contributed by atoms with Crippen molar-refractivity contribution in [2.75, 3.05) is 13.7 Å². The molecule has 0 bridgehead atoms. The second-order valence-electron chi connectivity index (χ2n) is 4.81. The van der Waals surface area contributed by atoms with E-state index in [1.54, 1.807) is 7.11 Å². The fourth-order valence-electron chi connectivity index (χ4n) is 1.85. The number of ether oxygens (including phenoxy) is 1. The van der Waals surface area contributed by atoms with E-state index in [9.17, 15) is 5.11 Å². The molecule has 0 heterocycles. The summed E-state index contributed by atoms with van der Waals surface area (Å²) in [7, 11) is 1.67. The van der Waals surface area contributed by atoms with E-state index in [4.69, 9.17) is 4.74 Å². The molecule has 0 aromatic heterocycles. The largest absolute Gasteiger partial charge is 0.497 e. The number of hydrogen-bond acceptors (Lipinski definition) is 3. The Bertz CT molecular complexity index is 344. The lowest BCUT2D eigenvalue weighted by Gasteiger charge is -2.27. The summed E-state index contributed by atoms with van der Waals surface area (Å²) in [5, 5.41) is 13.6. The first kappa shape index (κ1) is 15.0. The molecule has 0 aliphatic heterocycles. The molecule has 2 N–H and O–H groups in total. The van der Waals surface area contributed by atoms with Gasteiger partial charge in [-0.25, -0.2) is 0 Å². The molecule has 1 aromatic rings. The van der Waals surface area contributed by atoms with Crippen molar-refractivity contribution < 1.29 is 9.84 Å². The van der Waals surface area contributed by atoms with E-state index in [1.165, 1.54) is 5.56 Å². The van der Waals surface area contributed by atoms with Crippen molar-refractivity contribution in [3.8, 4) is 5.75 Å². The number of aliphatic hydroxyl groups is 1. The zero-order valence-corrected chi connectivity index (χ0v) is 11.9. The van der Waals surface area contributed by atoms with Gasteiger partial charge in [0, 0.05) is 12.6 Å². The van der Waals surface area contributed by atoms with Crippen molar-refractivity contribution in [3.05, 3.63) is 29.8 Å². The van der Waals surface area contributed by atoms with Crippen molar-refractivity contribution in [1.29, 1.82) is 0 Å². The number of nitrogens with one attached hydrogen (secondary N) is 1. The van der Waals surface area contributed by atoms with Gasteiger partial charge in [0.1, 0.15) is 5.75 Å². The molecule has 0 amide bonds. The van der Waals surface area contributed by atoms with Crippen molar-refractivity contribution in [1.82, 2.24) is 5.32 Å². The SMILES string of the molecule is CCC(O)(CC)CNC(C)c1ccc(OC)cc1. The van der Waals surface area contributed by atoms with Gasteiger partial charge in [0.25, 0.3) is 0 Å². The third-order valence-corrected chi connectivity index (χ3v) is 3.67. The van der Waals surface area contributed by atoms with E-state index < -0.39 is 5.60 Å². The predicted molar refractivity (Wildman–Crippen MR) is 74.9 cm³/mol. The number of rotatable bonds is 7. The van der Waals surface area contributed by atoms with E-state index >= 15 is 0 Å². The van der Waals surface area contributed by atoms with Gasteiger partial charge < -0.3 is 15.2 Å². The molecule has 0 aliphatic rings. The molecule has 0 aliphatic carbocycles. The summed E-state index contributed by atoms with van der Waals surface area (Å²) in [6, 6.07) is 8.24. The van der Waals surface area contributed by atoms with Crippen LogP contribution in [0.3, 0.4) is 0 Å². The number of hydrogen-bond donors (Lipinski definition) is 2. The number of benzene rings is 1. The van der Waals surface area contributed by atoms with E-state index in [2.05, 4.69) is 12.2 Å². The lowest BCUT2D eigenvalue weighted by molar-refractivity contribution is 0.0303. The standard InChI is InChI=1S/C15H25NO2/c1-5-15(17,6-2)11-16-12(3)13-7-9-14(18-4)10-8-13/h7-10,12,16-17H,5-6,11H2,1-4H3. The van der Waals surface area contributed by atoms with Gasteiger partial charge in [0.2, 0.25) is 0 Å². The van der Waals surface area contributed by atoms with Gasteiger partial charge in [-0.3, -0.25) is 0 Å². The van der Waals surface area contributed by atoms with Gasteiger partial charge >= 0.3 is 0 Å². The third-order valence-electron chi connectivity index (χ3n) is 3.67. The van der Waals surface area contributed by atoms with Gasteiger partial charge in [-0.05, 0) is 37.5 Å². The van der Waals surface area contributed by atoms with Crippen LogP contribution in [0.4, 0.5) is 0 Å². The molecule has 0 saturated heterocycles. The summed E-state index contributed by atoms with van der Waals surface area (Å²) in [6.45, 7) is 6.76. The predicted octanol–water partition coefficient (Wildman–Crippen LogP) is 2.90. The van der Waals surface area contributed by atoms with E-state index in [0.29, 0.717) is 6.54 Å². The Morgan fingerprint density at radius 3 is 2.22 bits per heavy atom.